The van der Waals surface area contributed by atoms with Crippen LogP contribution in [-0.2, 0) is 23.9 Å². The Kier molecular flexibility index (Phi) is 5.87. The number of halogens is 3. The molecule has 7 nitrogen and oxygen atoms in total. The van der Waals surface area contributed by atoms with Crippen molar-refractivity contribution < 1.29 is 41.9 Å². The molecule has 2 aliphatic rings. The highest BCUT2D eigenvalue weighted by molar-refractivity contribution is 6.12. The lowest BCUT2D eigenvalue weighted by Crippen LogP contribution is -2.45. The normalized spacial score (nSPS) is 22.0. The molecule has 1 saturated carbocycles. The van der Waals surface area contributed by atoms with E-state index in [1.165, 1.54) is 12.1 Å². The van der Waals surface area contributed by atoms with Gasteiger partial charge in [-0.15, -0.1) is 0 Å². The van der Waals surface area contributed by atoms with Crippen LogP contribution in [0.5, 0.6) is 0 Å². The summed E-state index contributed by atoms with van der Waals surface area (Å²) in [4.78, 5) is 42.6. The van der Waals surface area contributed by atoms with E-state index in [1.807, 2.05) is 0 Å². The number of ketones is 1. The maximum Gasteiger partial charge on any atom is 0.454 e. The van der Waals surface area contributed by atoms with Crippen molar-refractivity contribution in [2.45, 2.75) is 32.4 Å². The third-order valence-corrected chi connectivity index (χ3v) is 5.26. The van der Waals surface area contributed by atoms with Gasteiger partial charge in [0.2, 0.25) is 0 Å². The largest absolute Gasteiger partial charge is 0.465 e. The number of esters is 2. The molecule has 0 radical (unpaired) electrons. The van der Waals surface area contributed by atoms with Gasteiger partial charge in [0.1, 0.15) is 6.61 Å². The monoisotopic (exact) mass is 427 g/mol. The molecule has 1 heterocycles. The van der Waals surface area contributed by atoms with Gasteiger partial charge < -0.3 is 14.3 Å². The number of Topliss-reactive ketones (excluding diaryl/α,β-unsaturated/α-hetero) is 1. The third kappa shape index (κ3) is 3.54. The predicted octanol–water partition coefficient (Wildman–Crippen LogP) is 3.03. The molecule has 1 aromatic rings. The minimum absolute atomic E-state index is 0.0272. The van der Waals surface area contributed by atoms with Crippen LogP contribution < -0.4 is 0 Å². The van der Waals surface area contributed by atoms with E-state index in [9.17, 15) is 27.6 Å². The van der Waals surface area contributed by atoms with Crippen LogP contribution in [0.3, 0.4) is 0 Å². The van der Waals surface area contributed by atoms with Crippen LogP contribution in [0.4, 0.5) is 13.2 Å². The van der Waals surface area contributed by atoms with Gasteiger partial charge in [-0.3, -0.25) is 14.4 Å². The van der Waals surface area contributed by atoms with E-state index in [2.05, 4.69) is 5.16 Å². The van der Waals surface area contributed by atoms with E-state index >= 15 is 0 Å². The fraction of sp³-hybridized carbons (Fsp3) is 0.500. The van der Waals surface area contributed by atoms with Gasteiger partial charge in [0.25, 0.3) is 5.78 Å². The van der Waals surface area contributed by atoms with E-state index in [0.29, 0.717) is 11.3 Å². The second-order valence-electron chi connectivity index (χ2n) is 7.01. The summed E-state index contributed by atoms with van der Waals surface area (Å²) in [6.45, 7) is 3.41. The molecule has 30 heavy (non-hydrogen) atoms. The lowest BCUT2D eigenvalue weighted by atomic mass is 9.73. The number of hydrogen-bond acceptors (Lipinski definition) is 7. The summed E-state index contributed by atoms with van der Waals surface area (Å²) in [5.74, 6) is -4.86. The number of nitrogens with zero attached hydrogens (tertiary/aromatic N) is 1. The first-order valence-corrected chi connectivity index (χ1v) is 9.42. The lowest BCUT2D eigenvalue weighted by molar-refractivity contribution is -0.173. The average Bonchev–Trinajstić information content (AvgIpc) is 3.26. The predicted molar refractivity (Wildman–Crippen MR) is 96.8 cm³/mol. The smallest absolute Gasteiger partial charge is 0.454 e. The quantitative estimate of drug-likeness (QED) is 0.394. The minimum atomic E-state index is -5.01. The highest BCUT2D eigenvalue weighted by atomic mass is 19.4. The van der Waals surface area contributed by atoms with Gasteiger partial charge in [-0.1, -0.05) is 29.4 Å². The van der Waals surface area contributed by atoms with Crippen molar-refractivity contribution >= 4 is 23.4 Å². The zero-order valence-electron chi connectivity index (χ0n) is 16.3. The van der Waals surface area contributed by atoms with Gasteiger partial charge in [-0.2, -0.15) is 13.2 Å². The summed E-state index contributed by atoms with van der Waals surface area (Å²) >= 11 is 0. The summed E-state index contributed by atoms with van der Waals surface area (Å²) in [7, 11) is 0. The van der Waals surface area contributed by atoms with Gasteiger partial charge in [0.05, 0.1) is 24.8 Å². The summed E-state index contributed by atoms with van der Waals surface area (Å²) in [5.41, 5.74) is -1.54. The lowest BCUT2D eigenvalue weighted by Gasteiger charge is -2.31. The summed E-state index contributed by atoms with van der Waals surface area (Å²) < 4.78 is 48.5. The molecule has 1 aromatic carbocycles. The molecule has 1 aliphatic heterocycles. The zero-order chi connectivity index (χ0) is 22.1. The number of fused-ring (bicyclic) bond motifs is 1. The van der Waals surface area contributed by atoms with Crippen molar-refractivity contribution in [2.75, 3.05) is 19.8 Å². The molecule has 3 rings (SSSR count). The number of carbonyl (C=O) groups excluding carboxylic acids is 3. The van der Waals surface area contributed by atoms with Crippen molar-refractivity contribution in [3.63, 3.8) is 0 Å². The molecule has 0 amide bonds. The molecule has 2 atom stereocenters. The second-order valence-corrected chi connectivity index (χ2v) is 7.01. The molecule has 10 heteroatoms. The number of rotatable bonds is 6. The van der Waals surface area contributed by atoms with Crippen molar-refractivity contribution in [1.82, 2.24) is 0 Å². The molecule has 162 valence electrons. The first-order chi connectivity index (χ1) is 14.2. The third-order valence-electron chi connectivity index (χ3n) is 5.26. The van der Waals surface area contributed by atoms with Gasteiger partial charge in [-0.25, -0.2) is 0 Å². The van der Waals surface area contributed by atoms with Crippen molar-refractivity contribution in [2.24, 2.45) is 16.5 Å². The highest BCUT2D eigenvalue weighted by Gasteiger charge is 2.65. The Morgan fingerprint density at radius 3 is 2.17 bits per heavy atom. The molecule has 0 saturated heterocycles. The fourth-order valence-corrected chi connectivity index (χ4v) is 4.02. The Bertz CT molecular complexity index is 860. The molecule has 1 aliphatic carbocycles. The van der Waals surface area contributed by atoms with Crippen LogP contribution in [0.1, 0.15) is 42.1 Å². The first kappa shape index (κ1) is 21.8. The van der Waals surface area contributed by atoms with Crippen LogP contribution >= 0.6 is 0 Å². The molecule has 1 fully saturated rings. The van der Waals surface area contributed by atoms with Crippen LogP contribution in [0, 0.1) is 11.3 Å². The van der Waals surface area contributed by atoms with E-state index in [0.717, 1.165) is 12.1 Å². The van der Waals surface area contributed by atoms with Crippen molar-refractivity contribution in [1.29, 1.82) is 0 Å². The maximum absolute atomic E-state index is 13.0. The Labute approximate surface area is 170 Å². The van der Waals surface area contributed by atoms with Gasteiger partial charge in [-0.05, 0) is 25.8 Å². The van der Waals surface area contributed by atoms with Crippen molar-refractivity contribution in [3.8, 4) is 0 Å². The number of hydrogen-bond donors (Lipinski definition) is 0. The van der Waals surface area contributed by atoms with Crippen LogP contribution in [0.15, 0.2) is 29.4 Å². The number of ether oxygens (including phenoxy) is 2. The van der Waals surface area contributed by atoms with Crippen LogP contribution in [-0.4, -0.2) is 49.4 Å². The van der Waals surface area contributed by atoms with Crippen LogP contribution in [0.2, 0.25) is 0 Å². The Hall–Kier alpha value is -2.91. The number of carbonyl (C=O) groups is 3. The summed E-state index contributed by atoms with van der Waals surface area (Å²) in [6, 6.07) is 4.58. The molecule has 0 N–H and O–H groups in total. The standard InChI is InChI=1S/C20H20F3NO6/c1-3-28-17(26)19(18(27)29-4-2)9-13-10-30-24-15(13)14(19)11-5-7-12(8-6-11)16(25)20(21,22)23/h5-8,13-14H,3-4,9-10H2,1-2H3/t13-,14+/m0/s1. The Morgan fingerprint density at radius 2 is 1.67 bits per heavy atom. The molecular formula is C20H20F3NO6. The summed E-state index contributed by atoms with van der Waals surface area (Å²) in [6.07, 6.45) is -4.97. The van der Waals surface area contributed by atoms with Gasteiger partial charge >= 0.3 is 18.1 Å². The second kappa shape index (κ2) is 8.08. The number of benzene rings is 1. The number of alkyl halides is 3. The Morgan fingerprint density at radius 1 is 1.10 bits per heavy atom. The first-order valence-electron chi connectivity index (χ1n) is 9.42. The molecular weight excluding hydrogens is 407 g/mol. The van der Waals surface area contributed by atoms with Crippen molar-refractivity contribution in [3.05, 3.63) is 35.4 Å². The topological polar surface area (TPSA) is 91.3 Å². The molecule has 0 spiro atoms. The zero-order valence-corrected chi connectivity index (χ0v) is 16.3. The van der Waals surface area contributed by atoms with Gasteiger partial charge in [0, 0.05) is 11.5 Å². The fourth-order valence-electron chi connectivity index (χ4n) is 4.02. The average molecular weight is 427 g/mol. The van der Waals surface area contributed by atoms with Crippen LogP contribution in [0.25, 0.3) is 0 Å². The van der Waals surface area contributed by atoms with Gasteiger partial charge in [0.15, 0.2) is 5.41 Å². The van der Waals surface area contributed by atoms with E-state index in [1.54, 1.807) is 13.8 Å². The summed E-state index contributed by atoms with van der Waals surface area (Å²) in [5, 5.41) is 3.99. The molecule has 0 bridgehead atoms. The van der Waals surface area contributed by atoms with E-state index < -0.39 is 40.8 Å². The van der Waals surface area contributed by atoms with E-state index in [-0.39, 0.29) is 32.2 Å². The maximum atomic E-state index is 13.0. The SMILES string of the molecule is CCOC(=O)C1(C(=O)OCC)C[C@H]2CON=C2[C@H]1c1ccc(C(=O)C(F)(F)F)cc1. The number of oxime groups is 1. The molecule has 0 unspecified atom stereocenters. The highest BCUT2D eigenvalue weighted by Crippen LogP contribution is 2.53. The van der Waals surface area contributed by atoms with E-state index in [4.69, 9.17) is 14.3 Å². The molecule has 0 aromatic heterocycles. The Balaban J connectivity index is 2.09. The minimum Gasteiger partial charge on any atom is -0.465 e.